The molecule has 118 valence electrons. The maximum Gasteiger partial charge on any atom is 0.280 e. The van der Waals surface area contributed by atoms with Crippen molar-refractivity contribution in [1.29, 1.82) is 5.26 Å². The molecular weight excluding hydrogens is 311 g/mol. The van der Waals surface area contributed by atoms with E-state index in [9.17, 15) is 14.0 Å². The first-order valence-electron chi connectivity index (χ1n) is 6.97. The van der Waals surface area contributed by atoms with Crippen molar-refractivity contribution in [3.63, 3.8) is 0 Å². The van der Waals surface area contributed by atoms with Crippen LogP contribution in [0, 0.1) is 17.1 Å². The third kappa shape index (κ3) is 2.73. The fourth-order valence-corrected chi connectivity index (χ4v) is 2.32. The summed E-state index contributed by atoms with van der Waals surface area (Å²) >= 11 is 0. The number of nitriles is 1. The van der Waals surface area contributed by atoms with E-state index in [1.165, 1.54) is 28.9 Å². The third-order valence-electron chi connectivity index (χ3n) is 3.50. The summed E-state index contributed by atoms with van der Waals surface area (Å²) < 4.78 is 14.8. The van der Waals surface area contributed by atoms with Gasteiger partial charge in [0.25, 0.3) is 5.91 Å². The Morgan fingerprint density at radius 1 is 1.25 bits per heavy atom. The average molecular weight is 322 g/mol. The van der Waals surface area contributed by atoms with E-state index in [1.807, 2.05) is 6.07 Å². The van der Waals surface area contributed by atoms with Crippen LogP contribution in [0.25, 0.3) is 10.9 Å². The molecule has 1 N–H and O–H groups in total. The van der Waals surface area contributed by atoms with Gasteiger partial charge in [-0.05, 0) is 42.5 Å². The Morgan fingerprint density at radius 2 is 1.96 bits per heavy atom. The summed E-state index contributed by atoms with van der Waals surface area (Å²) in [6, 6.07) is 11.9. The number of nitrogens with zero attached hydrogens (tertiary/aromatic N) is 3. The average Bonchev–Trinajstić information content (AvgIpc) is 2.58. The van der Waals surface area contributed by atoms with Crippen LogP contribution in [0.2, 0.25) is 0 Å². The van der Waals surface area contributed by atoms with Gasteiger partial charge in [-0.2, -0.15) is 10.4 Å². The molecule has 1 aromatic heterocycles. The molecule has 0 saturated heterocycles. The Bertz CT molecular complexity index is 1050. The predicted octanol–water partition coefficient (Wildman–Crippen LogP) is 2.20. The van der Waals surface area contributed by atoms with Crippen LogP contribution >= 0.6 is 0 Å². The van der Waals surface area contributed by atoms with Gasteiger partial charge in [0.15, 0.2) is 5.69 Å². The minimum Gasteiger partial charge on any atom is -0.320 e. The second-order valence-corrected chi connectivity index (χ2v) is 5.11. The van der Waals surface area contributed by atoms with Crippen LogP contribution in [0.3, 0.4) is 0 Å². The summed E-state index contributed by atoms with van der Waals surface area (Å²) in [6.07, 6.45) is 0. The Labute approximate surface area is 135 Å². The van der Waals surface area contributed by atoms with Crippen molar-refractivity contribution in [3.8, 4) is 6.07 Å². The minimum absolute atomic E-state index is 0.0810. The SMILES string of the molecule is Cn1nc(C(=O)Nc2ccc(C#N)cc2)c(=O)c2cc(F)ccc21. The molecule has 3 aromatic rings. The Morgan fingerprint density at radius 3 is 2.62 bits per heavy atom. The van der Waals surface area contributed by atoms with E-state index in [4.69, 9.17) is 5.26 Å². The summed E-state index contributed by atoms with van der Waals surface area (Å²) in [6.45, 7) is 0. The second kappa shape index (κ2) is 5.93. The lowest BCUT2D eigenvalue weighted by molar-refractivity contribution is 0.101. The Balaban J connectivity index is 2.02. The third-order valence-corrected chi connectivity index (χ3v) is 3.50. The predicted molar refractivity (Wildman–Crippen MR) is 86.1 cm³/mol. The largest absolute Gasteiger partial charge is 0.320 e. The van der Waals surface area contributed by atoms with Crippen molar-refractivity contribution in [3.05, 3.63) is 69.8 Å². The lowest BCUT2D eigenvalue weighted by Gasteiger charge is -2.08. The number of amides is 1. The topological polar surface area (TPSA) is 87.8 Å². The van der Waals surface area contributed by atoms with Gasteiger partial charge in [-0.15, -0.1) is 0 Å². The van der Waals surface area contributed by atoms with Crippen molar-refractivity contribution in [2.75, 3.05) is 5.32 Å². The van der Waals surface area contributed by atoms with Gasteiger partial charge >= 0.3 is 0 Å². The fraction of sp³-hybridized carbons (Fsp3) is 0.0588. The van der Waals surface area contributed by atoms with Crippen LogP contribution in [0.15, 0.2) is 47.3 Å². The second-order valence-electron chi connectivity index (χ2n) is 5.11. The van der Waals surface area contributed by atoms with E-state index in [0.717, 1.165) is 6.07 Å². The number of carbonyl (C=O) groups excluding carboxylic acids is 1. The standard InChI is InChI=1S/C17H11FN4O2/c1-22-14-7-4-11(18)8-13(14)16(23)15(21-22)17(24)20-12-5-2-10(9-19)3-6-12/h2-8H,1H3,(H,20,24). The smallest absolute Gasteiger partial charge is 0.280 e. The molecule has 1 amide bonds. The van der Waals surface area contributed by atoms with Crippen LogP contribution < -0.4 is 10.7 Å². The number of rotatable bonds is 2. The number of nitrogens with one attached hydrogen (secondary N) is 1. The van der Waals surface area contributed by atoms with E-state index < -0.39 is 17.2 Å². The zero-order valence-corrected chi connectivity index (χ0v) is 12.6. The van der Waals surface area contributed by atoms with Gasteiger partial charge in [0, 0.05) is 12.7 Å². The van der Waals surface area contributed by atoms with Gasteiger partial charge in [-0.3, -0.25) is 14.3 Å². The highest BCUT2D eigenvalue weighted by Gasteiger charge is 2.17. The van der Waals surface area contributed by atoms with Crippen molar-refractivity contribution < 1.29 is 9.18 Å². The number of benzene rings is 2. The molecule has 0 aliphatic heterocycles. The van der Waals surface area contributed by atoms with E-state index in [2.05, 4.69) is 10.4 Å². The highest BCUT2D eigenvalue weighted by atomic mass is 19.1. The molecule has 0 aliphatic rings. The molecule has 0 atom stereocenters. The number of anilines is 1. The van der Waals surface area contributed by atoms with E-state index >= 15 is 0 Å². The monoisotopic (exact) mass is 322 g/mol. The summed E-state index contributed by atoms with van der Waals surface area (Å²) in [7, 11) is 1.57. The number of carbonyl (C=O) groups is 1. The first kappa shape index (κ1) is 15.4. The number of halogens is 1. The number of aryl methyl sites for hydroxylation is 1. The fourth-order valence-electron chi connectivity index (χ4n) is 2.32. The van der Waals surface area contributed by atoms with Gasteiger partial charge < -0.3 is 5.32 Å². The van der Waals surface area contributed by atoms with Crippen molar-refractivity contribution >= 4 is 22.5 Å². The Kier molecular flexibility index (Phi) is 3.80. The first-order valence-corrected chi connectivity index (χ1v) is 6.97. The highest BCUT2D eigenvalue weighted by Crippen LogP contribution is 2.13. The van der Waals surface area contributed by atoms with Gasteiger partial charge in [-0.1, -0.05) is 0 Å². The number of aromatic nitrogens is 2. The number of hydrogen-bond donors (Lipinski definition) is 1. The van der Waals surface area contributed by atoms with Gasteiger partial charge in [0.2, 0.25) is 5.43 Å². The van der Waals surface area contributed by atoms with Gasteiger partial charge in [-0.25, -0.2) is 4.39 Å². The molecule has 2 aromatic carbocycles. The molecule has 0 radical (unpaired) electrons. The minimum atomic E-state index is -0.702. The zero-order valence-electron chi connectivity index (χ0n) is 12.6. The maximum absolute atomic E-state index is 13.4. The summed E-state index contributed by atoms with van der Waals surface area (Å²) in [4.78, 5) is 24.7. The van der Waals surface area contributed by atoms with Crippen LogP contribution in [0.4, 0.5) is 10.1 Å². The summed E-state index contributed by atoms with van der Waals surface area (Å²) in [5.41, 5.74) is 0.315. The molecule has 24 heavy (non-hydrogen) atoms. The van der Waals surface area contributed by atoms with E-state index in [-0.39, 0.29) is 11.1 Å². The highest BCUT2D eigenvalue weighted by molar-refractivity contribution is 6.04. The molecule has 0 unspecified atom stereocenters. The molecule has 0 saturated carbocycles. The van der Waals surface area contributed by atoms with Crippen molar-refractivity contribution in [1.82, 2.24) is 9.78 Å². The molecule has 3 rings (SSSR count). The number of hydrogen-bond acceptors (Lipinski definition) is 4. The molecule has 1 heterocycles. The van der Waals surface area contributed by atoms with Crippen molar-refractivity contribution in [2.45, 2.75) is 0 Å². The lowest BCUT2D eigenvalue weighted by Crippen LogP contribution is -2.26. The maximum atomic E-state index is 13.4. The van der Waals surface area contributed by atoms with Crippen LogP contribution in [0.5, 0.6) is 0 Å². The van der Waals surface area contributed by atoms with Crippen LogP contribution in [0.1, 0.15) is 16.1 Å². The normalized spacial score (nSPS) is 10.4. The molecule has 0 aliphatic carbocycles. The molecule has 0 fully saturated rings. The summed E-state index contributed by atoms with van der Waals surface area (Å²) in [5, 5.41) is 15.4. The van der Waals surface area contributed by atoms with Gasteiger partial charge in [0.05, 0.1) is 22.5 Å². The first-order chi connectivity index (χ1) is 11.5. The van der Waals surface area contributed by atoms with E-state index in [1.54, 1.807) is 19.2 Å². The molecule has 0 bridgehead atoms. The molecule has 7 heteroatoms. The molecule has 0 spiro atoms. The molecule has 6 nitrogen and oxygen atoms in total. The quantitative estimate of drug-likeness (QED) is 0.783. The summed E-state index contributed by atoms with van der Waals surface area (Å²) in [5.74, 6) is -1.27. The van der Waals surface area contributed by atoms with Crippen LogP contribution in [-0.4, -0.2) is 15.7 Å². The van der Waals surface area contributed by atoms with Crippen molar-refractivity contribution in [2.24, 2.45) is 7.05 Å². The van der Waals surface area contributed by atoms with E-state index in [0.29, 0.717) is 16.8 Å². The van der Waals surface area contributed by atoms with Gasteiger partial charge in [0.1, 0.15) is 5.82 Å². The number of fused-ring (bicyclic) bond motifs is 1. The van der Waals surface area contributed by atoms with Crippen LogP contribution in [-0.2, 0) is 7.05 Å². The Hall–Kier alpha value is -3.53. The molecular formula is C17H11FN4O2. The zero-order chi connectivity index (χ0) is 17.3. The lowest BCUT2D eigenvalue weighted by atomic mass is 10.2.